The van der Waals surface area contributed by atoms with Crippen molar-refractivity contribution >= 4 is 40.8 Å². The first-order valence-electron chi connectivity index (χ1n) is 7.46. The maximum Gasteiger partial charge on any atom is 0.234 e. The third kappa shape index (κ3) is 4.36. The van der Waals surface area contributed by atoms with Crippen LogP contribution >= 0.6 is 23.4 Å². The van der Waals surface area contributed by atoms with E-state index in [1.807, 2.05) is 18.2 Å². The molecule has 0 radical (unpaired) electrons. The van der Waals surface area contributed by atoms with Crippen molar-refractivity contribution in [1.82, 2.24) is 9.97 Å². The summed E-state index contributed by atoms with van der Waals surface area (Å²) in [4.78, 5) is 22.8. The minimum Gasteiger partial charge on any atom is -0.356 e. The van der Waals surface area contributed by atoms with E-state index < -0.39 is 0 Å². The van der Waals surface area contributed by atoms with Gasteiger partial charge in [-0.15, -0.1) is 0 Å². The Morgan fingerprint density at radius 2 is 2.04 bits per heavy atom. The highest BCUT2D eigenvalue weighted by Gasteiger charge is 2.14. The molecule has 1 aromatic heterocycles. The maximum atomic E-state index is 12.0. The largest absolute Gasteiger partial charge is 0.356 e. The minimum atomic E-state index is -0.107. The van der Waals surface area contributed by atoms with Crippen LogP contribution in [0, 0.1) is 0 Å². The van der Waals surface area contributed by atoms with Crippen molar-refractivity contribution in [2.45, 2.75) is 17.9 Å². The topological polar surface area (TPSA) is 58.1 Å². The number of nitrogens with one attached hydrogen (secondary N) is 1. The van der Waals surface area contributed by atoms with E-state index in [9.17, 15) is 4.79 Å². The molecule has 0 aliphatic carbocycles. The van der Waals surface area contributed by atoms with Crippen LogP contribution in [0.2, 0.25) is 5.02 Å². The molecule has 1 N–H and O–H groups in total. The van der Waals surface area contributed by atoms with Gasteiger partial charge >= 0.3 is 0 Å². The summed E-state index contributed by atoms with van der Waals surface area (Å²) < 4.78 is 0. The molecule has 0 saturated carbocycles. The third-order valence-electron chi connectivity index (χ3n) is 3.56. The zero-order valence-corrected chi connectivity index (χ0v) is 14.1. The van der Waals surface area contributed by atoms with Gasteiger partial charge in [0.05, 0.1) is 16.5 Å². The molecule has 5 nitrogen and oxygen atoms in total. The number of benzene rings is 1. The smallest absolute Gasteiger partial charge is 0.234 e. The summed E-state index contributed by atoms with van der Waals surface area (Å²) in [6.07, 6.45) is 3.96. The quantitative estimate of drug-likeness (QED) is 0.662. The van der Waals surface area contributed by atoms with Gasteiger partial charge in [-0.3, -0.25) is 4.79 Å². The zero-order valence-electron chi connectivity index (χ0n) is 12.5. The van der Waals surface area contributed by atoms with Crippen molar-refractivity contribution < 1.29 is 4.79 Å². The second-order valence-electron chi connectivity index (χ2n) is 5.23. The van der Waals surface area contributed by atoms with Gasteiger partial charge in [0, 0.05) is 19.2 Å². The van der Waals surface area contributed by atoms with Crippen LogP contribution in [0.1, 0.15) is 12.8 Å². The summed E-state index contributed by atoms with van der Waals surface area (Å²) in [6.45, 7) is 2.07. The van der Waals surface area contributed by atoms with E-state index in [4.69, 9.17) is 11.6 Å². The molecule has 7 heteroatoms. The first kappa shape index (κ1) is 16.1. The van der Waals surface area contributed by atoms with Gasteiger partial charge in [-0.05, 0) is 25.0 Å². The highest BCUT2D eigenvalue weighted by molar-refractivity contribution is 7.99. The number of carbonyl (C=O) groups is 1. The Kier molecular flexibility index (Phi) is 5.35. The van der Waals surface area contributed by atoms with Crippen LogP contribution in [0.15, 0.2) is 41.7 Å². The minimum absolute atomic E-state index is 0.107. The van der Waals surface area contributed by atoms with Crippen LogP contribution in [-0.4, -0.2) is 34.7 Å². The van der Waals surface area contributed by atoms with E-state index in [0.717, 1.165) is 23.9 Å². The lowest BCUT2D eigenvalue weighted by Gasteiger charge is -2.16. The monoisotopic (exact) mass is 348 g/mol. The van der Waals surface area contributed by atoms with Crippen molar-refractivity contribution in [3.05, 3.63) is 41.7 Å². The number of halogens is 1. The molecule has 1 amide bonds. The van der Waals surface area contributed by atoms with Crippen molar-refractivity contribution in [3.63, 3.8) is 0 Å². The van der Waals surface area contributed by atoms with Gasteiger partial charge < -0.3 is 10.2 Å². The number of anilines is 2. The molecule has 1 fully saturated rings. The summed E-state index contributed by atoms with van der Waals surface area (Å²) in [5.74, 6) is 1.11. The molecule has 0 bridgehead atoms. The number of amides is 1. The van der Waals surface area contributed by atoms with E-state index in [1.54, 1.807) is 18.5 Å². The Morgan fingerprint density at radius 1 is 1.26 bits per heavy atom. The van der Waals surface area contributed by atoms with E-state index in [-0.39, 0.29) is 11.7 Å². The van der Waals surface area contributed by atoms with E-state index in [1.165, 1.54) is 24.6 Å². The fourth-order valence-corrected chi connectivity index (χ4v) is 3.26. The molecule has 1 aliphatic rings. The molecule has 1 aromatic carbocycles. The predicted octanol–water partition coefficient (Wildman–Crippen LogP) is 3.46. The van der Waals surface area contributed by atoms with E-state index in [2.05, 4.69) is 20.2 Å². The molecule has 120 valence electrons. The molecule has 0 atom stereocenters. The van der Waals surface area contributed by atoms with Crippen LogP contribution in [0.25, 0.3) is 0 Å². The van der Waals surface area contributed by atoms with Crippen molar-refractivity contribution in [3.8, 4) is 0 Å². The lowest BCUT2D eigenvalue weighted by Crippen LogP contribution is -2.19. The normalized spacial score (nSPS) is 14.0. The molecule has 3 rings (SSSR count). The number of thioether (sulfide) groups is 1. The number of aromatic nitrogens is 2. The molecule has 23 heavy (non-hydrogen) atoms. The molecule has 1 saturated heterocycles. The number of para-hydroxylation sites is 1. The fraction of sp³-hybridized carbons (Fsp3) is 0.312. The predicted molar refractivity (Wildman–Crippen MR) is 94.3 cm³/mol. The van der Waals surface area contributed by atoms with Crippen molar-refractivity contribution in [1.29, 1.82) is 0 Å². The zero-order chi connectivity index (χ0) is 16.1. The standard InChI is InChI=1S/C16H17ClN4OS/c17-12-5-1-2-6-13(12)20-15(22)10-23-16-9-14(18-11-19-16)21-7-3-4-8-21/h1-2,5-6,9,11H,3-4,7-8,10H2,(H,20,22). The Labute approximate surface area is 144 Å². The van der Waals surface area contributed by atoms with Crippen LogP contribution in [0.4, 0.5) is 11.5 Å². The second-order valence-corrected chi connectivity index (χ2v) is 6.63. The Morgan fingerprint density at radius 3 is 2.83 bits per heavy atom. The number of hydrogen-bond acceptors (Lipinski definition) is 5. The fourth-order valence-electron chi connectivity index (χ4n) is 2.42. The summed E-state index contributed by atoms with van der Waals surface area (Å²) in [6, 6.07) is 9.13. The molecule has 1 aliphatic heterocycles. The van der Waals surface area contributed by atoms with Gasteiger partial charge in [-0.2, -0.15) is 0 Å². The molecule has 2 aromatic rings. The van der Waals surface area contributed by atoms with Gasteiger partial charge in [0.1, 0.15) is 17.2 Å². The lowest BCUT2D eigenvalue weighted by molar-refractivity contribution is -0.113. The summed E-state index contributed by atoms with van der Waals surface area (Å²) >= 11 is 7.42. The SMILES string of the molecule is O=C(CSc1cc(N2CCCC2)ncn1)Nc1ccccc1Cl. The Bertz CT molecular complexity index is 691. The molecule has 2 heterocycles. The highest BCUT2D eigenvalue weighted by Crippen LogP contribution is 2.24. The average molecular weight is 349 g/mol. The van der Waals surface area contributed by atoms with Crippen molar-refractivity contribution in [2.75, 3.05) is 29.1 Å². The third-order valence-corrected chi connectivity index (χ3v) is 4.81. The molecule has 0 unspecified atom stereocenters. The van der Waals surface area contributed by atoms with Gasteiger partial charge in [-0.1, -0.05) is 35.5 Å². The molecular formula is C16H17ClN4OS. The highest BCUT2D eigenvalue weighted by atomic mass is 35.5. The van der Waals surface area contributed by atoms with E-state index in [0.29, 0.717) is 10.7 Å². The Balaban J connectivity index is 1.56. The first-order valence-corrected chi connectivity index (χ1v) is 8.83. The van der Waals surface area contributed by atoms with Crippen LogP contribution in [0.5, 0.6) is 0 Å². The van der Waals surface area contributed by atoms with Crippen LogP contribution in [-0.2, 0) is 4.79 Å². The summed E-state index contributed by atoms with van der Waals surface area (Å²) in [7, 11) is 0. The summed E-state index contributed by atoms with van der Waals surface area (Å²) in [5.41, 5.74) is 0.625. The number of rotatable bonds is 5. The van der Waals surface area contributed by atoms with Crippen LogP contribution < -0.4 is 10.2 Å². The van der Waals surface area contributed by atoms with Gasteiger partial charge in [0.2, 0.25) is 5.91 Å². The summed E-state index contributed by atoms with van der Waals surface area (Å²) in [5, 5.41) is 4.14. The Hall–Kier alpha value is -1.79. The van der Waals surface area contributed by atoms with Gasteiger partial charge in [0.25, 0.3) is 0 Å². The number of hydrogen-bond donors (Lipinski definition) is 1. The lowest BCUT2D eigenvalue weighted by atomic mass is 10.3. The average Bonchev–Trinajstić information content (AvgIpc) is 3.10. The number of nitrogens with zero attached hydrogens (tertiary/aromatic N) is 3. The van der Waals surface area contributed by atoms with Crippen LogP contribution in [0.3, 0.4) is 0 Å². The molecule has 0 spiro atoms. The second kappa shape index (κ2) is 7.66. The maximum absolute atomic E-state index is 12.0. The van der Waals surface area contributed by atoms with Crippen molar-refractivity contribution in [2.24, 2.45) is 0 Å². The molecular weight excluding hydrogens is 332 g/mol. The first-order chi connectivity index (χ1) is 11.2. The van der Waals surface area contributed by atoms with Gasteiger partial charge in [-0.25, -0.2) is 9.97 Å². The number of carbonyl (C=O) groups excluding carboxylic acids is 1. The van der Waals surface area contributed by atoms with Gasteiger partial charge in [0.15, 0.2) is 0 Å². The van der Waals surface area contributed by atoms with E-state index >= 15 is 0 Å².